The molecule has 1 heterocycles. The first-order valence-corrected chi connectivity index (χ1v) is 7.61. The highest BCUT2D eigenvalue weighted by Crippen LogP contribution is 2.24. The number of benzene rings is 2. The quantitative estimate of drug-likeness (QED) is 0.686. The van der Waals surface area contributed by atoms with Crippen LogP contribution in [0.15, 0.2) is 46.9 Å². The zero-order valence-electron chi connectivity index (χ0n) is 11.1. The third kappa shape index (κ3) is 2.80. The molecule has 0 bridgehead atoms. The summed E-state index contributed by atoms with van der Waals surface area (Å²) in [6, 6.07) is 15.9. The first-order chi connectivity index (χ1) is 10.2. The van der Waals surface area contributed by atoms with Crippen LogP contribution < -0.4 is 0 Å². The van der Waals surface area contributed by atoms with Gasteiger partial charge in [-0.15, -0.1) is 0 Å². The Hall–Kier alpha value is -1.83. The van der Waals surface area contributed by atoms with Crippen molar-refractivity contribution in [1.82, 2.24) is 9.55 Å². The summed E-state index contributed by atoms with van der Waals surface area (Å²) in [4.78, 5) is 4.53. The van der Waals surface area contributed by atoms with E-state index in [4.69, 9.17) is 16.9 Å². The molecule has 0 radical (unpaired) electrons. The van der Waals surface area contributed by atoms with E-state index < -0.39 is 0 Å². The predicted molar refractivity (Wildman–Crippen MR) is 87.3 cm³/mol. The Morgan fingerprint density at radius 3 is 2.81 bits per heavy atom. The Kier molecular flexibility index (Phi) is 3.96. The van der Waals surface area contributed by atoms with Gasteiger partial charge in [-0.25, -0.2) is 4.98 Å². The lowest BCUT2D eigenvalue weighted by atomic mass is 10.2. The van der Waals surface area contributed by atoms with Crippen LogP contribution in [0.3, 0.4) is 0 Å². The smallest absolute Gasteiger partial charge is 0.124 e. The molecule has 0 saturated carbocycles. The molecule has 0 saturated heterocycles. The molecule has 2 aromatic carbocycles. The lowest BCUT2D eigenvalue weighted by molar-refractivity contribution is 0.769. The average molecular weight is 361 g/mol. The van der Waals surface area contributed by atoms with Crippen molar-refractivity contribution < 1.29 is 0 Å². The van der Waals surface area contributed by atoms with Crippen molar-refractivity contribution in [3.05, 3.63) is 63.3 Å². The van der Waals surface area contributed by atoms with Gasteiger partial charge in [0.25, 0.3) is 0 Å². The maximum absolute atomic E-state index is 8.99. The van der Waals surface area contributed by atoms with Crippen molar-refractivity contribution in [2.24, 2.45) is 0 Å². The maximum Gasteiger partial charge on any atom is 0.124 e. The number of fused-ring (bicyclic) bond motifs is 1. The van der Waals surface area contributed by atoms with Crippen LogP contribution in [0, 0.1) is 11.3 Å². The van der Waals surface area contributed by atoms with Crippen LogP contribution in [-0.4, -0.2) is 9.55 Å². The van der Waals surface area contributed by atoms with E-state index in [2.05, 4.69) is 27.0 Å². The molecular weight excluding hydrogens is 350 g/mol. The monoisotopic (exact) mass is 359 g/mol. The highest BCUT2D eigenvalue weighted by atomic mass is 79.9. The molecule has 0 atom stereocenters. The van der Waals surface area contributed by atoms with Crippen molar-refractivity contribution in [2.75, 3.05) is 0 Å². The number of rotatable bonds is 3. The van der Waals surface area contributed by atoms with Gasteiger partial charge in [-0.1, -0.05) is 45.7 Å². The zero-order valence-corrected chi connectivity index (χ0v) is 13.4. The van der Waals surface area contributed by atoms with Crippen molar-refractivity contribution in [1.29, 1.82) is 5.26 Å². The number of para-hydroxylation sites is 2. The lowest BCUT2D eigenvalue weighted by Gasteiger charge is -2.09. The minimum atomic E-state index is 0.281. The van der Waals surface area contributed by atoms with Gasteiger partial charge in [0, 0.05) is 9.50 Å². The molecule has 0 N–H and O–H groups in total. The fourth-order valence-electron chi connectivity index (χ4n) is 2.33. The Labute approximate surface area is 135 Å². The summed E-state index contributed by atoms with van der Waals surface area (Å²) >= 11 is 9.70. The van der Waals surface area contributed by atoms with E-state index in [-0.39, 0.29) is 6.42 Å². The highest BCUT2D eigenvalue weighted by molar-refractivity contribution is 9.10. The van der Waals surface area contributed by atoms with Crippen LogP contribution in [-0.2, 0) is 13.0 Å². The lowest BCUT2D eigenvalue weighted by Crippen LogP contribution is -2.05. The van der Waals surface area contributed by atoms with E-state index in [0.29, 0.717) is 11.6 Å². The van der Waals surface area contributed by atoms with Crippen molar-refractivity contribution in [2.45, 2.75) is 13.0 Å². The molecule has 5 heteroatoms. The SMILES string of the molecule is N#CCc1nc2ccccc2n1Cc1ccc(Br)cc1Cl. The van der Waals surface area contributed by atoms with Crippen molar-refractivity contribution in [3.63, 3.8) is 0 Å². The normalized spacial score (nSPS) is 10.7. The first-order valence-electron chi connectivity index (χ1n) is 6.44. The van der Waals surface area contributed by atoms with Crippen molar-refractivity contribution in [3.8, 4) is 6.07 Å². The molecule has 21 heavy (non-hydrogen) atoms. The van der Waals surface area contributed by atoms with Gasteiger partial charge < -0.3 is 4.57 Å². The fourth-order valence-corrected chi connectivity index (χ4v) is 3.06. The largest absolute Gasteiger partial charge is 0.323 e. The molecule has 104 valence electrons. The fraction of sp³-hybridized carbons (Fsp3) is 0.125. The van der Waals surface area contributed by atoms with E-state index in [9.17, 15) is 0 Å². The van der Waals surface area contributed by atoms with Crippen LogP contribution in [0.5, 0.6) is 0 Å². The minimum absolute atomic E-state index is 0.281. The van der Waals surface area contributed by atoms with Gasteiger partial charge in [0.05, 0.1) is 30.1 Å². The number of hydrogen-bond acceptors (Lipinski definition) is 2. The summed E-state index contributed by atoms with van der Waals surface area (Å²) in [5.74, 6) is 0.762. The molecule has 0 amide bonds. The summed E-state index contributed by atoms with van der Waals surface area (Å²) in [6.45, 7) is 0.601. The molecule has 0 fully saturated rings. The molecule has 0 aliphatic heterocycles. The van der Waals surface area contributed by atoms with Crippen LogP contribution in [0.1, 0.15) is 11.4 Å². The number of hydrogen-bond donors (Lipinski definition) is 0. The van der Waals surface area contributed by atoms with Crippen LogP contribution >= 0.6 is 27.5 Å². The summed E-state index contributed by atoms with van der Waals surface area (Å²) in [7, 11) is 0. The van der Waals surface area contributed by atoms with Gasteiger partial charge >= 0.3 is 0 Å². The molecule has 0 aliphatic rings. The first kappa shape index (κ1) is 14.1. The summed E-state index contributed by atoms with van der Waals surface area (Å²) in [6.07, 6.45) is 0.281. The molecule has 0 unspecified atom stereocenters. The second-order valence-corrected chi connectivity index (χ2v) is 6.00. The second-order valence-electron chi connectivity index (χ2n) is 4.67. The third-order valence-electron chi connectivity index (χ3n) is 3.31. The number of imidazole rings is 1. The van der Waals surface area contributed by atoms with Gasteiger partial charge in [-0.2, -0.15) is 5.26 Å². The standard InChI is InChI=1S/C16H11BrClN3/c17-12-6-5-11(13(18)9-12)10-21-15-4-2-1-3-14(15)20-16(21)7-8-19/h1-6,9H,7,10H2. The van der Waals surface area contributed by atoms with Crippen LogP contribution in [0.4, 0.5) is 0 Å². The Morgan fingerprint density at radius 2 is 2.05 bits per heavy atom. The van der Waals surface area contributed by atoms with E-state index in [1.807, 2.05) is 47.0 Å². The zero-order chi connectivity index (χ0) is 14.8. The summed E-state index contributed by atoms with van der Waals surface area (Å²) < 4.78 is 3.00. The van der Waals surface area contributed by atoms with Crippen LogP contribution in [0.2, 0.25) is 5.02 Å². The van der Waals surface area contributed by atoms with Gasteiger partial charge in [-0.05, 0) is 29.8 Å². The van der Waals surface area contributed by atoms with E-state index >= 15 is 0 Å². The van der Waals surface area contributed by atoms with Gasteiger partial charge in [0.1, 0.15) is 5.82 Å². The van der Waals surface area contributed by atoms with Gasteiger partial charge in [0.15, 0.2) is 0 Å². The molecule has 0 spiro atoms. The molecule has 3 aromatic rings. The predicted octanol–water partition coefficient (Wildman–Crippen LogP) is 4.57. The van der Waals surface area contributed by atoms with Crippen LogP contribution in [0.25, 0.3) is 11.0 Å². The van der Waals surface area contributed by atoms with E-state index in [0.717, 1.165) is 26.9 Å². The second kappa shape index (κ2) is 5.88. The third-order valence-corrected chi connectivity index (χ3v) is 4.16. The van der Waals surface area contributed by atoms with Gasteiger partial charge in [-0.3, -0.25) is 0 Å². The number of aromatic nitrogens is 2. The maximum atomic E-state index is 8.99. The summed E-state index contributed by atoms with van der Waals surface area (Å²) in [5.41, 5.74) is 2.92. The Bertz CT molecular complexity index is 848. The Morgan fingerprint density at radius 1 is 1.24 bits per heavy atom. The van der Waals surface area contributed by atoms with Gasteiger partial charge in [0.2, 0.25) is 0 Å². The molecule has 3 rings (SSSR count). The summed E-state index contributed by atoms with van der Waals surface area (Å²) in [5, 5.41) is 9.69. The molecular formula is C16H11BrClN3. The highest BCUT2D eigenvalue weighted by Gasteiger charge is 2.12. The Balaban J connectivity index is 2.10. The van der Waals surface area contributed by atoms with E-state index in [1.54, 1.807) is 0 Å². The number of nitriles is 1. The molecule has 0 aliphatic carbocycles. The minimum Gasteiger partial charge on any atom is -0.323 e. The average Bonchev–Trinajstić information content (AvgIpc) is 2.80. The topological polar surface area (TPSA) is 41.6 Å². The molecule has 1 aromatic heterocycles. The molecule has 3 nitrogen and oxygen atoms in total. The number of nitrogens with zero attached hydrogens (tertiary/aromatic N) is 3. The van der Waals surface area contributed by atoms with E-state index in [1.165, 1.54) is 0 Å². The van der Waals surface area contributed by atoms with Crippen molar-refractivity contribution >= 4 is 38.6 Å². The number of halogens is 2.